The first kappa shape index (κ1) is 15.4. The Morgan fingerprint density at radius 1 is 1.19 bits per heavy atom. The maximum Gasteiger partial charge on any atom is 0.209 e. The minimum absolute atomic E-state index is 0.924. The molecule has 2 N–H and O–H groups in total. The molecule has 2 fully saturated rings. The average molecular weight is 229 g/mol. The van der Waals surface area contributed by atoms with Crippen LogP contribution in [0.25, 0.3) is 0 Å². The zero-order valence-electron chi connectivity index (χ0n) is 10.8. The fraction of sp³-hybridized carbons (Fsp3) is 0.917. The second-order valence-corrected chi connectivity index (χ2v) is 4.01. The van der Waals surface area contributed by atoms with E-state index in [9.17, 15) is 4.79 Å². The topological polar surface area (TPSA) is 44.4 Å². The summed E-state index contributed by atoms with van der Waals surface area (Å²) in [7, 11) is 1.93. The van der Waals surface area contributed by atoms with Crippen molar-refractivity contribution in [3.63, 3.8) is 0 Å². The Hall–Kier alpha value is -0.610. The summed E-state index contributed by atoms with van der Waals surface area (Å²) < 4.78 is 0. The molecule has 0 aliphatic carbocycles. The quantitative estimate of drug-likeness (QED) is 0.690. The Bertz CT molecular complexity index is 134. The second kappa shape index (κ2) is 12.5. The lowest BCUT2D eigenvalue weighted by Crippen LogP contribution is -2.15. The van der Waals surface area contributed by atoms with Crippen LogP contribution in [0.15, 0.2) is 0 Å². The third-order valence-corrected chi connectivity index (χ3v) is 2.60. The second-order valence-electron chi connectivity index (χ2n) is 4.01. The highest BCUT2D eigenvalue weighted by molar-refractivity contribution is 5.47. The molecule has 1 amide bonds. The molecule has 4 heteroatoms. The van der Waals surface area contributed by atoms with Gasteiger partial charge < -0.3 is 15.5 Å². The molecule has 2 aliphatic rings. The third-order valence-electron chi connectivity index (χ3n) is 2.60. The van der Waals surface area contributed by atoms with Crippen molar-refractivity contribution in [1.29, 1.82) is 0 Å². The van der Waals surface area contributed by atoms with Crippen LogP contribution >= 0.6 is 0 Å². The van der Waals surface area contributed by atoms with E-state index in [1.54, 1.807) is 4.90 Å². The van der Waals surface area contributed by atoms with Gasteiger partial charge in [-0.3, -0.25) is 4.79 Å². The summed E-state index contributed by atoms with van der Waals surface area (Å²) in [6.45, 7) is 7.59. The van der Waals surface area contributed by atoms with Gasteiger partial charge in [0.25, 0.3) is 0 Å². The van der Waals surface area contributed by atoms with Gasteiger partial charge in [-0.25, -0.2) is 0 Å². The Labute approximate surface area is 99.8 Å². The van der Waals surface area contributed by atoms with Gasteiger partial charge in [-0.1, -0.05) is 6.92 Å². The van der Waals surface area contributed by atoms with E-state index in [4.69, 9.17) is 0 Å². The Morgan fingerprint density at radius 3 is 1.88 bits per heavy atom. The monoisotopic (exact) mass is 229 g/mol. The molecular formula is C12H27N3O. The fourth-order valence-corrected chi connectivity index (χ4v) is 1.47. The van der Waals surface area contributed by atoms with E-state index in [1.807, 2.05) is 7.05 Å². The van der Waals surface area contributed by atoms with Crippen LogP contribution in [-0.4, -0.2) is 51.1 Å². The number of likely N-dealkylation sites (tertiary alicyclic amines) is 1. The maximum absolute atomic E-state index is 9.93. The van der Waals surface area contributed by atoms with Crippen LogP contribution in [-0.2, 0) is 4.79 Å². The fourth-order valence-electron chi connectivity index (χ4n) is 1.47. The minimum Gasteiger partial charge on any atom is -0.345 e. The molecule has 0 saturated carbocycles. The van der Waals surface area contributed by atoms with E-state index in [2.05, 4.69) is 17.6 Å². The van der Waals surface area contributed by atoms with E-state index in [1.165, 1.54) is 38.8 Å². The SMILES string of the molecule is C1CCNC1.CCNC.O=CN1CCCC1. The van der Waals surface area contributed by atoms with Crippen molar-refractivity contribution in [3.8, 4) is 0 Å². The van der Waals surface area contributed by atoms with Crippen LogP contribution in [0.4, 0.5) is 0 Å². The molecule has 0 unspecified atom stereocenters. The average Bonchev–Trinajstić information content (AvgIpc) is 3.03. The Morgan fingerprint density at radius 2 is 1.69 bits per heavy atom. The summed E-state index contributed by atoms with van der Waals surface area (Å²) >= 11 is 0. The largest absolute Gasteiger partial charge is 0.345 e. The van der Waals surface area contributed by atoms with Gasteiger partial charge in [-0.15, -0.1) is 0 Å². The third kappa shape index (κ3) is 9.93. The maximum atomic E-state index is 9.93. The lowest BCUT2D eigenvalue weighted by Gasteiger charge is -2.03. The number of rotatable bonds is 2. The van der Waals surface area contributed by atoms with Crippen molar-refractivity contribution >= 4 is 6.41 Å². The molecule has 4 nitrogen and oxygen atoms in total. The summed E-state index contributed by atoms with van der Waals surface area (Å²) in [6, 6.07) is 0. The lowest BCUT2D eigenvalue weighted by molar-refractivity contribution is -0.117. The van der Waals surface area contributed by atoms with Crippen LogP contribution < -0.4 is 10.6 Å². The van der Waals surface area contributed by atoms with Gasteiger partial charge in [-0.05, 0) is 52.4 Å². The number of nitrogens with zero attached hydrogens (tertiary/aromatic N) is 1. The molecule has 2 saturated heterocycles. The van der Waals surface area contributed by atoms with Gasteiger partial charge in [0.05, 0.1) is 0 Å². The first-order chi connectivity index (χ1) is 7.85. The van der Waals surface area contributed by atoms with Gasteiger partial charge in [0.15, 0.2) is 0 Å². The normalized spacial score (nSPS) is 18.2. The number of nitrogens with one attached hydrogen (secondary N) is 2. The van der Waals surface area contributed by atoms with Crippen molar-refractivity contribution in [2.45, 2.75) is 32.6 Å². The molecule has 0 spiro atoms. The highest BCUT2D eigenvalue weighted by Gasteiger charge is 2.06. The van der Waals surface area contributed by atoms with Crippen LogP contribution in [0.3, 0.4) is 0 Å². The van der Waals surface area contributed by atoms with Crippen molar-refractivity contribution < 1.29 is 4.79 Å². The van der Waals surface area contributed by atoms with Crippen LogP contribution in [0.5, 0.6) is 0 Å². The molecule has 0 aromatic rings. The van der Waals surface area contributed by atoms with Crippen molar-refractivity contribution in [2.75, 3.05) is 39.8 Å². The minimum atomic E-state index is 0.924. The number of hydrogen-bond acceptors (Lipinski definition) is 3. The van der Waals surface area contributed by atoms with Gasteiger partial charge >= 0.3 is 0 Å². The lowest BCUT2D eigenvalue weighted by atomic mass is 10.4. The van der Waals surface area contributed by atoms with Gasteiger partial charge in [0, 0.05) is 13.1 Å². The van der Waals surface area contributed by atoms with Crippen molar-refractivity contribution in [3.05, 3.63) is 0 Å². The molecule has 0 atom stereocenters. The first-order valence-electron chi connectivity index (χ1n) is 6.39. The summed E-state index contributed by atoms with van der Waals surface area (Å²) in [5.41, 5.74) is 0. The predicted molar refractivity (Wildman–Crippen MR) is 68.6 cm³/mol. The molecule has 2 rings (SSSR count). The highest BCUT2D eigenvalue weighted by atomic mass is 16.1. The summed E-state index contributed by atoms with van der Waals surface area (Å²) in [5, 5.41) is 6.15. The van der Waals surface area contributed by atoms with E-state index < -0.39 is 0 Å². The van der Waals surface area contributed by atoms with E-state index in [0.29, 0.717) is 0 Å². The van der Waals surface area contributed by atoms with Crippen molar-refractivity contribution in [2.24, 2.45) is 0 Å². The molecule has 0 aromatic heterocycles. The molecule has 2 heterocycles. The predicted octanol–water partition coefficient (Wildman–Crippen LogP) is 0.834. The number of carbonyl (C=O) groups excluding carboxylic acids is 1. The summed E-state index contributed by atoms with van der Waals surface area (Å²) in [5.74, 6) is 0. The highest BCUT2D eigenvalue weighted by Crippen LogP contribution is 2.02. The standard InChI is InChI=1S/C5H9NO.C4H9N.C3H9N/c7-5-6-3-1-2-4-6;1-2-4-5-3-1;1-3-4-2/h5H,1-4H2;5H,1-4H2;4H,3H2,1-2H3. The molecule has 96 valence electrons. The number of amides is 1. The van der Waals surface area contributed by atoms with Gasteiger partial charge in [-0.2, -0.15) is 0 Å². The summed E-state index contributed by atoms with van der Waals surface area (Å²) in [6.07, 6.45) is 6.09. The van der Waals surface area contributed by atoms with Crippen molar-refractivity contribution in [1.82, 2.24) is 15.5 Å². The first-order valence-corrected chi connectivity index (χ1v) is 6.39. The molecule has 0 aromatic carbocycles. The molecular weight excluding hydrogens is 202 g/mol. The smallest absolute Gasteiger partial charge is 0.209 e. The zero-order chi connectivity index (χ0) is 12.1. The van der Waals surface area contributed by atoms with Crippen LogP contribution in [0.2, 0.25) is 0 Å². The Balaban J connectivity index is 0.000000222. The molecule has 0 bridgehead atoms. The molecule has 16 heavy (non-hydrogen) atoms. The molecule has 0 radical (unpaired) electrons. The van der Waals surface area contributed by atoms with Crippen LogP contribution in [0.1, 0.15) is 32.6 Å². The zero-order valence-corrected chi connectivity index (χ0v) is 10.8. The van der Waals surface area contributed by atoms with Gasteiger partial charge in [0.2, 0.25) is 6.41 Å². The van der Waals surface area contributed by atoms with E-state index >= 15 is 0 Å². The Kier molecular flexibility index (Phi) is 12.0. The van der Waals surface area contributed by atoms with Gasteiger partial charge in [0.1, 0.15) is 0 Å². The van der Waals surface area contributed by atoms with E-state index in [-0.39, 0.29) is 0 Å². The number of hydrogen-bond donors (Lipinski definition) is 2. The number of carbonyl (C=O) groups is 1. The summed E-state index contributed by atoms with van der Waals surface area (Å²) in [4.78, 5) is 11.7. The van der Waals surface area contributed by atoms with Crippen LogP contribution in [0, 0.1) is 0 Å². The van der Waals surface area contributed by atoms with E-state index in [0.717, 1.165) is 26.0 Å². The molecule has 2 aliphatic heterocycles.